The lowest BCUT2D eigenvalue weighted by atomic mass is 10.2. The van der Waals surface area contributed by atoms with Crippen LogP contribution in [0.2, 0.25) is 4.34 Å². The number of nitrogens with one attached hydrogen (secondary N) is 1. The maximum absolute atomic E-state index is 11.4. The molecule has 0 aliphatic rings. The number of aliphatic hydroxyl groups excluding tert-OH is 1. The van der Waals surface area contributed by atoms with E-state index in [1.165, 1.54) is 17.4 Å². The van der Waals surface area contributed by atoms with Gasteiger partial charge in [-0.15, -0.1) is 11.3 Å². The number of carboxylic acid groups (broad SMARTS) is 1. The number of rotatable bonds is 6. The molecule has 98 valence electrons. The molecule has 1 rings (SSSR count). The molecule has 0 saturated carbocycles. The summed E-state index contributed by atoms with van der Waals surface area (Å²) in [5, 5.41) is 19.7. The fourth-order valence-electron chi connectivity index (χ4n) is 1.18. The Morgan fingerprint density at radius 1 is 1.50 bits per heavy atom. The van der Waals surface area contributed by atoms with Gasteiger partial charge < -0.3 is 15.5 Å². The van der Waals surface area contributed by atoms with Gasteiger partial charge in [-0.1, -0.05) is 11.6 Å². The van der Waals surface area contributed by atoms with Crippen molar-refractivity contribution in [3.63, 3.8) is 0 Å². The third-order valence-electron chi connectivity index (χ3n) is 2.03. The van der Waals surface area contributed by atoms with E-state index in [4.69, 9.17) is 21.8 Å². The van der Waals surface area contributed by atoms with Crippen LogP contribution < -0.4 is 5.32 Å². The van der Waals surface area contributed by atoms with Crippen molar-refractivity contribution in [2.45, 2.75) is 12.5 Å². The van der Waals surface area contributed by atoms with Gasteiger partial charge in [0.2, 0.25) is 5.91 Å². The third-order valence-corrected chi connectivity index (χ3v) is 3.22. The van der Waals surface area contributed by atoms with Crippen LogP contribution in [0.15, 0.2) is 18.2 Å². The zero-order valence-corrected chi connectivity index (χ0v) is 10.9. The van der Waals surface area contributed by atoms with Crippen LogP contribution in [-0.2, 0) is 9.59 Å². The van der Waals surface area contributed by atoms with Crippen LogP contribution in [-0.4, -0.2) is 34.7 Å². The molecule has 3 N–H and O–H groups in total. The first-order valence-corrected chi connectivity index (χ1v) is 6.30. The molecule has 0 aromatic carbocycles. The van der Waals surface area contributed by atoms with E-state index in [0.717, 1.165) is 4.88 Å². The molecule has 1 atom stereocenters. The predicted octanol–water partition coefficient (Wildman–Crippen LogP) is 1.37. The number of hydrogen-bond donors (Lipinski definition) is 3. The van der Waals surface area contributed by atoms with Crippen molar-refractivity contribution in [1.82, 2.24) is 5.32 Å². The number of amides is 1. The van der Waals surface area contributed by atoms with Gasteiger partial charge in [0.1, 0.15) is 6.04 Å². The Morgan fingerprint density at radius 2 is 2.22 bits per heavy atom. The topological polar surface area (TPSA) is 86.6 Å². The number of aliphatic hydroxyl groups is 1. The lowest BCUT2D eigenvalue weighted by Crippen LogP contribution is -2.40. The van der Waals surface area contributed by atoms with E-state index in [1.807, 2.05) is 0 Å². The molecular formula is C11H12ClNO4S. The van der Waals surface area contributed by atoms with Crippen molar-refractivity contribution in [3.05, 3.63) is 27.4 Å². The summed E-state index contributed by atoms with van der Waals surface area (Å²) in [6.45, 7) is -0.304. The minimum atomic E-state index is -1.18. The van der Waals surface area contributed by atoms with E-state index >= 15 is 0 Å². The molecule has 0 radical (unpaired) electrons. The monoisotopic (exact) mass is 289 g/mol. The van der Waals surface area contributed by atoms with Crippen molar-refractivity contribution in [2.75, 3.05) is 6.61 Å². The van der Waals surface area contributed by atoms with Gasteiger partial charge in [-0.25, -0.2) is 4.79 Å². The lowest BCUT2D eigenvalue weighted by Gasteiger charge is -2.10. The first kappa shape index (κ1) is 14.7. The highest BCUT2D eigenvalue weighted by atomic mass is 35.5. The summed E-state index contributed by atoms with van der Waals surface area (Å²) in [5.41, 5.74) is 0. The van der Waals surface area contributed by atoms with E-state index in [2.05, 4.69) is 5.32 Å². The Hall–Kier alpha value is -1.37. The largest absolute Gasteiger partial charge is 0.480 e. The van der Waals surface area contributed by atoms with Crippen LogP contribution in [0.3, 0.4) is 0 Å². The molecule has 0 fully saturated rings. The number of hydrogen-bond acceptors (Lipinski definition) is 4. The van der Waals surface area contributed by atoms with Gasteiger partial charge in [-0.05, 0) is 18.2 Å². The molecule has 0 unspecified atom stereocenters. The lowest BCUT2D eigenvalue weighted by molar-refractivity contribution is -0.141. The zero-order valence-electron chi connectivity index (χ0n) is 9.30. The van der Waals surface area contributed by atoms with Crippen LogP contribution in [0.1, 0.15) is 11.3 Å². The van der Waals surface area contributed by atoms with Crippen LogP contribution in [0.25, 0.3) is 6.08 Å². The number of halogens is 1. The van der Waals surface area contributed by atoms with E-state index < -0.39 is 17.9 Å². The van der Waals surface area contributed by atoms with Gasteiger partial charge in [0.15, 0.2) is 0 Å². The molecule has 0 saturated heterocycles. The smallest absolute Gasteiger partial charge is 0.326 e. The molecule has 0 aliphatic heterocycles. The van der Waals surface area contributed by atoms with Crippen LogP contribution in [0.5, 0.6) is 0 Å². The minimum Gasteiger partial charge on any atom is -0.480 e. The first-order valence-electron chi connectivity index (χ1n) is 5.10. The van der Waals surface area contributed by atoms with Crippen LogP contribution >= 0.6 is 22.9 Å². The van der Waals surface area contributed by atoms with Crippen LogP contribution in [0, 0.1) is 0 Å². The second-order valence-electron chi connectivity index (χ2n) is 3.39. The molecule has 0 spiro atoms. The molecular weight excluding hydrogens is 278 g/mol. The van der Waals surface area contributed by atoms with Crippen molar-refractivity contribution in [1.29, 1.82) is 0 Å². The first-order chi connectivity index (χ1) is 8.52. The number of carbonyl (C=O) groups excluding carboxylic acids is 1. The Kier molecular flexibility index (Phi) is 5.84. The number of thiophene rings is 1. The molecule has 0 aliphatic carbocycles. The van der Waals surface area contributed by atoms with Crippen molar-refractivity contribution >= 4 is 40.9 Å². The second kappa shape index (κ2) is 7.15. The number of carboxylic acids is 1. The maximum atomic E-state index is 11.4. The van der Waals surface area contributed by atoms with Gasteiger partial charge in [-0.2, -0.15) is 0 Å². The van der Waals surface area contributed by atoms with E-state index in [-0.39, 0.29) is 13.0 Å². The summed E-state index contributed by atoms with van der Waals surface area (Å²) in [6.07, 6.45) is 2.75. The van der Waals surface area contributed by atoms with Gasteiger partial charge >= 0.3 is 5.97 Å². The van der Waals surface area contributed by atoms with Gasteiger partial charge in [0, 0.05) is 24.0 Å². The molecule has 18 heavy (non-hydrogen) atoms. The summed E-state index contributed by atoms with van der Waals surface area (Å²) < 4.78 is 0.610. The van der Waals surface area contributed by atoms with Crippen molar-refractivity contribution in [2.24, 2.45) is 0 Å². The number of aliphatic carboxylic acids is 1. The Bertz CT molecular complexity index is 458. The normalized spacial score (nSPS) is 12.6. The molecule has 1 heterocycles. The van der Waals surface area contributed by atoms with E-state index in [1.54, 1.807) is 18.2 Å². The average Bonchev–Trinajstić information content (AvgIpc) is 2.72. The van der Waals surface area contributed by atoms with Gasteiger partial charge in [0.25, 0.3) is 0 Å². The summed E-state index contributed by atoms with van der Waals surface area (Å²) in [5.74, 6) is -1.70. The van der Waals surface area contributed by atoms with E-state index in [0.29, 0.717) is 4.34 Å². The Labute approximate surface area is 113 Å². The van der Waals surface area contributed by atoms with Crippen molar-refractivity contribution in [3.8, 4) is 0 Å². The molecule has 1 aromatic heterocycles. The van der Waals surface area contributed by atoms with Gasteiger partial charge in [0.05, 0.1) is 4.34 Å². The number of carbonyl (C=O) groups is 2. The molecule has 7 heteroatoms. The molecule has 1 amide bonds. The highest BCUT2D eigenvalue weighted by Gasteiger charge is 2.17. The second-order valence-corrected chi connectivity index (χ2v) is 5.13. The Balaban J connectivity index is 2.54. The minimum absolute atomic E-state index is 0.0280. The quantitative estimate of drug-likeness (QED) is 0.690. The van der Waals surface area contributed by atoms with Crippen LogP contribution in [0.4, 0.5) is 0 Å². The standard InChI is InChI=1S/C11H12ClNO4S/c12-9-3-1-7(18-9)2-4-10(15)13-8(5-6-14)11(16)17/h1-4,8,14H,5-6H2,(H,13,15)(H,16,17)/b4-2+/t8-/m1/s1. The highest BCUT2D eigenvalue weighted by molar-refractivity contribution is 7.17. The SMILES string of the molecule is O=C(/C=C/c1ccc(Cl)s1)N[C@H](CCO)C(=O)O. The summed E-state index contributed by atoms with van der Waals surface area (Å²) in [4.78, 5) is 23.0. The molecule has 0 bridgehead atoms. The Morgan fingerprint density at radius 3 is 2.72 bits per heavy atom. The summed E-state index contributed by atoms with van der Waals surface area (Å²) in [7, 11) is 0. The third kappa shape index (κ3) is 4.87. The predicted molar refractivity (Wildman–Crippen MR) is 69.6 cm³/mol. The van der Waals surface area contributed by atoms with E-state index in [9.17, 15) is 9.59 Å². The molecule has 5 nitrogen and oxygen atoms in total. The fourth-order valence-corrected chi connectivity index (χ4v) is 2.15. The zero-order chi connectivity index (χ0) is 13.5. The van der Waals surface area contributed by atoms with Crippen molar-refractivity contribution < 1.29 is 19.8 Å². The summed E-state index contributed by atoms with van der Waals surface area (Å²) >= 11 is 7.03. The van der Waals surface area contributed by atoms with Gasteiger partial charge in [-0.3, -0.25) is 4.79 Å². The maximum Gasteiger partial charge on any atom is 0.326 e. The molecule has 1 aromatic rings. The fraction of sp³-hybridized carbons (Fsp3) is 0.273. The average molecular weight is 290 g/mol. The summed E-state index contributed by atoms with van der Waals surface area (Å²) in [6, 6.07) is 2.37. The highest BCUT2D eigenvalue weighted by Crippen LogP contribution is 2.22.